The van der Waals surface area contributed by atoms with E-state index in [-0.39, 0.29) is 0 Å². The number of hydrogen-bond donors (Lipinski definition) is 0. The van der Waals surface area contributed by atoms with Crippen molar-refractivity contribution in [3.05, 3.63) is 0 Å². The van der Waals surface area contributed by atoms with Crippen molar-refractivity contribution in [3.63, 3.8) is 0 Å². The molecule has 0 bridgehead atoms. The molecule has 0 aliphatic heterocycles. The molecule has 0 fully saturated rings. The maximum Gasteiger partial charge on any atom is 0.0390 e. The van der Waals surface area contributed by atoms with Gasteiger partial charge in [0.2, 0.25) is 0 Å². The van der Waals surface area contributed by atoms with Crippen LogP contribution >= 0.6 is 0 Å². The Kier molecular flexibility index (Phi) is 5.18. The van der Waals surface area contributed by atoms with E-state index in [4.69, 9.17) is 0 Å². The summed E-state index contributed by atoms with van der Waals surface area (Å²) >= 11 is 0. The number of rotatable bonds is 5. The number of hydrogen-bond acceptors (Lipinski definition) is 1. The lowest BCUT2D eigenvalue weighted by Crippen LogP contribution is -2.14. The predicted molar refractivity (Wildman–Crippen MR) is 52.3 cm³/mol. The molecule has 0 spiro atoms. The molecular formula is C10H21N. The maximum absolute atomic E-state index is 4.23. The predicted octanol–water partition coefficient (Wildman–Crippen LogP) is 3.29. The smallest absolute Gasteiger partial charge is 0.0390 e. The van der Waals surface area contributed by atoms with E-state index in [1.807, 2.05) is 13.1 Å². The Bertz CT molecular complexity index is 112. The number of nitrogens with zero attached hydrogens (tertiary/aromatic N) is 1. The van der Waals surface area contributed by atoms with Gasteiger partial charge in [0, 0.05) is 6.54 Å². The van der Waals surface area contributed by atoms with E-state index in [0.717, 1.165) is 6.54 Å². The van der Waals surface area contributed by atoms with Gasteiger partial charge in [-0.05, 0) is 25.0 Å². The van der Waals surface area contributed by atoms with Gasteiger partial charge in [-0.15, -0.1) is 0 Å². The summed E-state index contributed by atoms with van der Waals surface area (Å²) < 4.78 is 0. The Morgan fingerprint density at radius 2 is 1.82 bits per heavy atom. The average molecular weight is 155 g/mol. The molecule has 1 nitrogen and oxygen atoms in total. The van der Waals surface area contributed by atoms with Gasteiger partial charge in [-0.3, -0.25) is 4.99 Å². The second-order valence-corrected chi connectivity index (χ2v) is 3.43. The highest BCUT2D eigenvalue weighted by molar-refractivity contribution is 5.53. The van der Waals surface area contributed by atoms with Crippen LogP contribution in [0.5, 0.6) is 0 Å². The van der Waals surface area contributed by atoms with Crippen molar-refractivity contribution in [1.82, 2.24) is 0 Å². The zero-order chi connectivity index (χ0) is 8.74. The van der Waals surface area contributed by atoms with Gasteiger partial charge in [-0.25, -0.2) is 0 Å². The fourth-order valence-electron chi connectivity index (χ4n) is 1.07. The van der Waals surface area contributed by atoms with E-state index in [9.17, 15) is 0 Å². The van der Waals surface area contributed by atoms with Crippen molar-refractivity contribution in [3.8, 4) is 0 Å². The fourth-order valence-corrected chi connectivity index (χ4v) is 1.07. The highest BCUT2D eigenvalue weighted by Crippen LogP contribution is 2.29. The minimum atomic E-state index is 0.520. The summed E-state index contributed by atoms with van der Waals surface area (Å²) in [6.07, 6.45) is 5.65. The molecular weight excluding hydrogens is 134 g/mol. The van der Waals surface area contributed by atoms with Crippen LogP contribution in [0, 0.1) is 5.41 Å². The van der Waals surface area contributed by atoms with Crippen molar-refractivity contribution in [2.75, 3.05) is 6.54 Å². The summed E-state index contributed by atoms with van der Waals surface area (Å²) in [5, 5.41) is 0. The molecule has 0 N–H and O–H groups in total. The topological polar surface area (TPSA) is 12.4 Å². The Morgan fingerprint density at radius 3 is 2.18 bits per heavy atom. The molecule has 0 aromatic heterocycles. The molecule has 0 unspecified atom stereocenters. The van der Waals surface area contributed by atoms with Crippen molar-refractivity contribution in [2.24, 2.45) is 10.4 Å². The monoisotopic (exact) mass is 155 g/mol. The third-order valence-electron chi connectivity index (χ3n) is 2.73. The lowest BCUT2D eigenvalue weighted by molar-refractivity contribution is 0.278. The molecule has 11 heavy (non-hydrogen) atoms. The van der Waals surface area contributed by atoms with E-state index in [0.29, 0.717) is 5.41 Å². The molecule has 0 saturated carbocycles. The van der Waals surface area contributed by atoms with Crippen LogP contribution in [-0.4, -0.2) is 12.8 Å². The van der Waals surface area contributed by atoms with Gasteiger partial charge in [0.05, 0.1) is 0 Å². The summed E-state index contributed by atoms with van der Waals surface area (Å²) in [4.78, 5) is 4.23. The molecule has 0 saturated heterocycles. The highest BCUT2D eigenvalue weighted by Gasteiger charge is 2.17. The Labute approximate surface area is 70.9 Å². The largest absolute Gasteiger partial charge is 0.298 e. The van der Waals surface area contributed by atoms with E-state index in [1.165, 1.54) is 19.3 Å². The summed E-state index contributed by atoms with van der Waals surface area (Å²) in [6, 6.07) is 0. The molecule has 0 aliphatic carbocycles. The highest BCUT2D eigenvalue weighted by atomic mass is 14.7. The van der Waals surface area contributed by atoms with E-state index in [1.54, 1.807) is 0 Å². The van der Waals surface area contributed by atoms with Crippen LogP contribution in [0.1, 0.15) is 47.0 Å². The molecule has 0 atom stereocenters. The van der Waals surface area contributed by atoms with Crippen LogP contribution in [0.4, 0.5) is 0 Å². The van der Waals surface area contributed by atoms with Gasteiger partial charge < -0.3 is 0 Å². The van der Waals surface area contributed by atoms with Gasteiger partial charge in [-0.1, -0.05) is 33.6 Å². The molecule has 0 aromatic carbocycles. The first-order valence-corrected chi connectivity index (χ1v) is 4.63. The van der Waals surface area contributed by atoms with Crippen molar-refractivity contribution < 1.29 is 0 Å². The molecule has 0 aliphatic rings. The molecule has 1 heteroatoms. The molecule has 0 heterocycles. The molecule has 0 amide bonds. The first-order chi connectivity index (χ1) is 5.18. The normalized spacial score (nSPS) is 12.7. The van der Waals surface area contributed by atoms with E-state index < -0.39 is 0 Å². The number of aliphatic imine (C=N–C) groups is 1. The van der Waals surface area contributed by atoms with Gasteiger partial charge in [-0.2, -0.15) is 0 Å². The Balaban J connectivity index is 3.68. The summed E-state index contributed by atoms with van der Waals surface area (Å²) in [5.41, 5.74) is 0.520. The molecule has 66 valence electrons. The van der Waals surface area contributed by atoms with Crippen molar-refractivity contribution >= 4 is 6.21 Å². The Morgan fingerprint density at radius 1 is 1.27 bits per heavy atom. The van der Waals surface area contributed by atoms with Crippen LogP contribution in [0.25, 0.3) is 0 Å². The molecule has 0 radical (unpaired) electrons. The van der Waals surface area contributed by atoms with Gasteiger partial charge in [0.25, 0.3) is 0 Å². The standard InChI is InChI=1S/C10H21N/c1-5-10(4,6-2)8-9-11-7-3/h7H,5-6,8-9H2,1-4H3. The fraction of sp³-hybridized carbons (Fsp3) is 0.900. The minimum absolute atomic E-state index is 0.520. The summed E-state index contributed by atoms with van der Waals surface area (Å²) in [5.74, 6) is 0. The third-order valence-corrected chi connectivity index (χ3v) is 2.73. The summed E-state index contributed by atoms with van der Waals surface area (Å²) in [7, 11) is 0. The maximum atomic E-state index is 4.23. The minimum Gasteiger partial charge on any atom is -0.298 e. The lowest BCUT2D eigenvalue weighted by atomic mass is 9.81. The first-order valence-electron chi connectivity index (χ1n) is 4.63. The van der Waals surface area contributed by atoms with Gasteiger partial charge in [0.1, 0.15) is 0 Å². The molecule has 0 aromatic rings. The van der Waals surface area contributed by atoms with Gasteiger partial charge in [0.15, 0.2) is 0 Å². The average Bonchev–Trinajstić information content (AvgIpc) is 2.05. The SMILES string of the molecule is CC=NCCC(C)(CC)CC. The van der Waals surface area contributed by atoms with Crippen molar-refractivity contribution in [2.45, 2.75) is 47.0 Å². The van der Waals surface area contributed by atoms with Gasteiger partial charge >= 0.3 is 0 Å². The quantitative estimate of drug-likeness (QED) is 0.540. The van der Waals surface area contributed by atoms with Crippen LogP contribution in [0.2, 0.25) is 0 Å². The third kappa shape index (κ3) is 4.18. The van der Waals surface area contributed by atoms with E-state index in [2.05, 4.69) is 25.8 Å². The van der Waals surface area contributed by atoms with Crippen LogP contribution in [0.15, 0.2) is 4.99 Å². The lowest BCUT2D eigenvalue weighted by Gasteiger charge is -2.25. The van der Waals surface area contributed by atoms with Crippen LogP contribution in [0.3, 0.4) is 0 Å². The van der Waals surface area contributed by atoms with Crippen LogP contribution in [-0.2, 0) is 0 Å². The first kappa shape index (κ1) is 10.7. The Hall–Kier alpha value is -0.330. The zero-order valence-electron chi connectivity index (χ0n) is 8.35. The van der Waals surface area contributed by atoms with E-state index >= 15 is 0 Å². The second-order valence-electron chi connectivity index (χ2n) is 3.43. The molecule has 0 rings (SSSR count). The zero-order valence-corrected chi connectivity index (χ0v) is 8.35. The second kappa shape index (κ2) is 5.34. The van der Waals surface area contributed by atoms with Crippen LogP contribution < -0.4 is 0 Å². The summed E-state index contributed by atoms with van der Waals surface area (Å²) in [6.45, 7) is 9.85. The van der Waals surface area contributed by atoms with Crippen molar-refractivity contribution in [1.29, 1.82) is 0 Å².